The second kappa shape index (κ2) is 5.27. The fourth-order valence-corrected chi connectivity index (χ4v) is 3.46. The van der Waals surface area contributed by atoms with Crippen LogP contribution in [0.3, 0.4) is 0 Å². The zero-order valence-corrected chi connectivity index (χ0v) is 12.9. The molecule has 1 heterocycles. The Hall–Kier alpha value is -0.0800. The summed E-state index contributed by atoms with van der Waals surface area (Å²) in [5.41, 5.74) is 0.700. The van der Waals surface area contributed by atoms with Gasteiger partial charge in [0.1, 0.15) is 0 Å². The molecule has 0 bridgehead atoms. The molecule has 0 aromatic rings. The molecule has 2 unspecified atom stereocenters. The second-order valence-corrected chi connectivity index (χ2v) is 7.57. The van der Waals surface area contributed by atoms with Gasteiger partial charge in [-0.1, -0.05) is 27.7 Å². The van der Waals surface area contributed by atoms with Crippen molar-refractivity contribution in [1.29, 1.82) is 0 Å². The molecular weight excluding hydrogens is 208 g/mol. The van der Waals surface area contributed by atoms with E-state index in [1.165, 1.54) is 19.4 Å². The SMILES string of the molecule is CCC1CNC(C)CN1C(C)(C)CC(C)(C)C. The van der Waals surface area contributed by atoms with Crippen LogP contribution in [0.15, 0.2) is 0 Å². The van der Waals surface area contributed by atoms with Crippen LogP contribution < -0.4 is 5.32 Å². The van der Waals surface area contributed by atoms with Crippen molar-refractivity contribution >= 4 is 0 Å². The number of piperazine rings is 1. The van der Waals surface area contributed by atoms with Crippen LogP contribution in [0.5, 0.6) is 0 Å². The van der Waals surface area contributed by atoms with Crippen LogP contribution in [0, 0.1) is 5.41 Å². The third-order valence-electron chi connectivity index (χ3n) is 3.82. The number of rotatable bonds is 3. The number of nitrogens with zero attached hydrogens (tertiary/aromatic N) is 1. The molecule has 1 rings (SSSR count). The summed E-state index contributed by atoms with van der Waals surface area (Å²) in [6.07, 6.45) is 2.50. The Bertz CT molecular complexity index is 240. The molecule has 1 fully saturated rings. The summed E-state index contributed by atoms with van der Waals surface area (Å²) in [6, 6.07) is 1.32. The third kappa shape index (κ3) is 4.26. The van der Waals surface area contributed by atoms with E-state index in [9.17, 15) is 0 Å². The lowest BCUT2D eigenvalue weighted by atomic mass is 9.79. The first kappa shape index (κ1) is 15.0. The molecule has 17 heavy (non-hydrogen) atoms. The van der Waals surface area contributed by atoms with Gasteiger partial charge in [-0.05, 0) is 39.0 Å². The predicted octanol–water partition coefficient (Wildman–Crippen LogP) is 3.27. The largest absolute Gasteiger partial charge is 0.311 e. The van der Waals surface area contributed by atoms with Crippen molar-refractivity contribution in [2.45, 2.75) is 78.9 Å². The van der Waals surface area contributed by atoms with Gasteiger partial charge in [-0.15, -0.1) is 0 Å². The average Bonchev–Trinajstić information content (AvgIpc) is 2.14. The van der Waals surface area contributed by atoms with E-state index in [1.807, 2.05) is 0 Å². The van der Waals surface area contributed by atoms with Crippen LogP contribution in [0.2, 0.25) is 0 Å². The standard InChI is InChI=1S/C15H32N2/c1-8-13-9-16-12(2)10-17(13)15(6,7)11-14(3,4)5/h12-13,16H,8-11H2,1-7H3. The Balaban J connectivity index is 2.78. The molecule has 2 heteroatoms. The summed E-state index contributed by atoms with van der Waals surface area (Å²) < 4.78 is 0. The van der Waals surface area contributed by atoms with E-state index in [-0.39, 0.29) is 0 Å². The van der Waals surface area contributed by atoms with Gasteiger partial charge >= 0.3 is 0 Å². The molecule has 1 saturated heterocycles. The van der Waals surface area contributed by atoms with Gasteiger partial charge in [0.25, 0.3) is 0 Å². The van der Waals surface area contributed by atoms with Crippen LogP contribution in [0.1, 0.15) is 61.3 Å². The van der Waals surface area contributed by atoms with Crippen molar-refractivity contribution in [1.82, 2.24) is 10.2 Å². The molecule has 0 radical (unpaired) electrons. The Labute approximate surface area is 108 Å². The van der Waals surface area contributed by atoms with Gasteiger partial charge in [0.15, 0.2) is 0 Å². The predicted molar refractivity (Wildman–Crippen MR) is 76.4 cm³/mol. The zero-order valence-electron chi connectivity index (χ0n) is 12.9. The summed E-state index contributed by atoms with van der Waals surface area (Å²) >= 11 is 0. The van der Waals surface area contributed by atoms with Crippen LogP contribution in [-0.4, -0.2) is 35.6 Å². The molecular formula is C15H32N2. The quantitative estimate of drug-likeness (QED) is 0.814. The van der Waals surface area contributed by atoms with Crippen LogP contribution in [0.4, 0.5) is 0 Å². The minimum atomic E-state index is 0.301. The minimum absolute atomic E-state index is 0.301. The summed E-state index contributed by atoms with van der Waals surface area (Å²) in [5.74, 6) is 0. The molecule has 1 aliphatic rings. The van der Waals surface area contributed by atoms with Crippen molar-refractivity contribution < 1.29 is 0 Å². The lowest BCUT2D eigenvalue weighted by Crippen LogP contribution is -2.62. The highest BCUT2D eigenvalue weighted by Crippen LogP contribution is 2.33. The van der Waals surface area contributed by atoms with E-state index in [0.717, 1.165) is 6.54 Å². The maximum atomic E-state index is 3.61. The van der Waals surface area contributed by atoms with E-state index in [0.29, 0.717) is 23.0 Å². The first-order valence-electron chi connectivity index (χ1n) is 7.16. The Morgan fingerprint density at radius 1 is 1.18 bits per heavy atom. The summed E-state index contributed by atoms with van der Waals surface area (Å²) in [5, 5.41) is 3.61. The normalized spacial score (nSPS) is 28.4. The molecule has 0 saturated carbocycles. The van der Waals surface area contributed by atoms with E-state index in [2.05, 4.69) is 58.7 Å². The molecule has 0 aliphatic carbocycles. The van der Waals surface area contributed by atoms with Gasteiger partial charge in [-0.25, -0.2) is 0 Å². The van der Waals surface area contributed by atoms with E-state index < -0.39 is 0 Å². The number of nitrogens with one attached hydrogen (secondary N) is 1. The molecule has 2 atom stereocenters. The van der Waals surface area contributed by atoms with Crippen LogP contribution in [0.25, 0.3) is 0 Å². The van der Waals surface area contributed by atoms with Crippen molar-refractivity contribution in [3.63, 3.8) is 0 Å². The molecule has 2 nitrogen and oxygen atoms in total. The first-order valence-corrected chi connectivity index (χ1v) is 7.16. The van der Waals surface area contributed by atoms with Gasteiger partial charge < -0.3 is 5.32 Å². The molecule has 0 amide bonds. The molecule has 1 aliphatic heterocycles. The van der Waals surface area contributed by atoms with Crippen molar-refractivity contribution in [3.05, 3.63) is 0 Å². The van der Waals surface area contributed by atoms with Crippen molar-refractivity contribution in [2.24, 2.45) is 5.41 Å². The molecule has 102 valence electrons. The Morgan fingerprint density at radius 2 is 1.76 bits per heavy atom. The van der Waals surface area contributed by atoms with E-state index in [4.69, 9.17) is 0 Å². The van der Waals surface area contributed by atoms with Gasteiger partial charge in [0.05, 0.1) is 0 Å². The maximum Gasteiger partial charge on any atom is 0.0224 e. The number of hydrogen-bond acceptors (Lipinski definition) is 2. The number of hydrogen-bond donors (Lipinski definition) is 1. The highest BCUT2D eigenvalue weighted by molar-refractivity contribution is 4.94. The molecule has 0 aromatic heterocycles. The minimum Gasteiger partial charge on any atom is -0.311 e. The van der Waals surface area contributed by atoms with Crippen LogP contribution in [-0.2, 0) is 0 Å². The molecule has 0 aromatic carbocycles. The topological polar surface area (TPSA) is 15.3 Å². The average molecular weight is 240 g/mol. The van der Waals surface area contributed by atoms with E-state index >= 15 is 0 Å². The lowest BCUT2D eigenvalue weighted by Gasteiger charge is -2.50. The molecule has 0 spiro atoms. The summed E-state index contributed by atoms with van der Waals surface area (Å²) in [7, 11) is 0. The fraction of sp³-hybridized carbons (Fsp3) is 1.00. The third-order valence-corrected chi connectivity index (χ3v) is 3.82. The van der Waals surface area contributed by atoms with Crippen molar-refractivity contribution in [3.8, 4) is 0 Å². The Morgan fingerprint density at radius 3 is 2.24 bits per heavy atom. The monoisotopic (exact) mass is 240 g/mol. The Kier molecular flexibility index (Phi) is 4.65. The van der Waals surface area contributed by atoms with Crippen molar-refractivity contribution in [2.75, 3.05) is 13.1 Å². The maximum absolute atomic E-state index is 3.61. The highest BCUT2D eigenvalue weighted by atomic mass is 15.3. The zero-order chi connectivity index (χ0) is 13.3. The first-order chi connectivity index (χ1) is 7.65. The second-order valence-electron chi connectivity index (χ2n) is 7.57. The van der Waals surface area contributed by atoms with Gasteiger partial charge in [-0.2, -0.15) is 0 Å². The summed E-state index contributed by atoms with van der Waals surface area (Å²) in [6.45, 7) is 18.8. The molecule has 1 N–H and O–H groups in total. The fourth-order valence-electron chi connectivity index (χ4n) is 3.46. The lowest BCUT2D eigenvalue weighted by molar-refractivity contribution is 0.00777. The van der Waals surface area contributed by atoms with E-state index in [1.54, 1.807) is 0 Å². The van der Waals surface area contributed by atoms with Crippen LogP contribution >= 0.6 is 0 Å². The van der Waals surface area contributed by atoms with Gasteiger partial charge in [-0.3, -0.25) is 4.90 Å². The highest BCUT2D eigenvalue weighted by Gasteiger charge is 2.37. The van der Waals surface area contributed by atoms with Gasteiger partial charge in [0.2, 0.25) is 0 Å². The van der Waals surface area contributed by atoms with Gasteiger partial charge in [0, 0.05) is 30.7 Å². The summed E-state index contributed by atoms with van der Waals surface area (Å²) in [4.78, 5) is 2.74. The smallest absolute Gasteiger partial charge is 0.0224 e.